The zero-order valence-corrected chi connectivity index (χ0v) is 16.1. The molecule has 0 fully saturated rings. The number of benzene rings is 2. The Labute approximate surface area is 150 Å². The monoisotopic (exact) mass is 363 g/mol. The van der Waals surface area contributed by atoms with Crippen molar-refractivity contribution in [3.63, 3.8) is 0 Å². The van der Waals surface area contributed by atoms with E-state index in [1.165, 1.54) is 0 Å². The predicted octanol–water partition coefficient (Wildman–Crippen LogP) is 3.75. The molecular formula is C19H25NO4S. The maximum absolute atomic E-state index is 12.9. The molecule has 2 aromatic rings. The molecule has 2 aromatic carbocycles. The normalized spacial score (nSPS) is 12.7. The molecule has 0 saturated carbocycles. The molecule has 0 saturated heterocycles. The Balaban J connectivity index is 2.34. The molecule has 0 aliphatic heterocycles. The van der Waals surface area contributed by atoms with E-state index in [2.05, 4.69) is 4.72 Å². The first-order valence-corrected chi connectivity index (χ1v) is 9.62. The second kappa shape index (κ2) is 7.89. The number of hydrogen-bond acceptors (Lipinski definition) is 4. The van der Waals surface area contributed by atoms with Crippen LogP contribution in [0.25, 0.3) is 0 Å². The van der Waals surface area contributed by atoms with Crippen molar-refractivity contribution in [2.45, 2.75) is 38.1 Å². The number of sulfonamides is 1. The van der Waals surface area contributed by atoms with Crippen molar-refractivity contribution in [1.29, 1.82) is 0 Å². The highest BCUT2D eigenvalue weighted by molar-refractivity contribution is 7.89. The van der Waals surface area contributed by atoms with Gasteiger partial charge in [-0.05, 0) is 61.2 Å². The van der Waals surface area contributed by atoms with Gasteiger partial charge in [-0.2, -0.15) is 0 Å². The summed E-state index contributed by atoms with van der Waals surface area (Å²) in [4.78, 5) is 0.276. The van der Waals surface area contributed by atoms with Crippen LogP contribution in [0.5, 0.6) is 11.5 Å². The van der Waals surface area contributed by atoms with E-state index in [1.54, 1.807) is 33.3 Å². The van der Waals surface area contributed by atoms with Crippen LogP contribution < -0.4 is 14.2 Å². The molecule has 6 heteroatoms. The fraction of sp³-hybridized carbons (Fsp3) is 0.368. The highest BCUT2D eigenvalue weighted by atomic mass is 32.2. The average molecular weight is 363 g/mol. The van der Waals surface area contributed by atoms with Crippen molar-refractivity contribution in [2.75, 3.05) is 14.2 Å². The second-order valence-corrected chi connectivity index (χ2v) is 7.63. The topological polar surface area (TPSA) is 64.6 Å². The molecule has 2 rings (SSSR count). The number of methoxy groups -OCH3 is 2. The summed E-state index contributed by atoms with van der Waals surface area (Å²) < 4.78 is 39.0. The van der Waals surface area contributed by atoms with Crippen molar-refractivity contribution in [3.05, 3.63) is 53.1 Å². The van der Waals surface area contributed by atoms with Crippen LogP contribution in [0.2, 0.25) is 0 Å². The van der Waals surface area contributed by atoms with Gasteiger partial charge >= 0.3 is 0 Å². The fourth-order valence-electron chi connectivity index (χ4n) is 2.75. The third kappa shape index (κ3) is 4.32. The Hall–Kier alpha value is -2.05. The molecule has 5 nitrogen and oxygen atoms in total. The van der Waals surface area contributed by atoms with Crippen LogP contribution >= 0.6 is 0 Å². The summed E-state index contributed by atoms with van der Waals surface area (Å²) in [6.45, 7) is 5.55. The van der Waals surface area contributed by atoms with E-state index in [9.17, 15) is 8.42 Å². The molecule has 0 aliphatic carbocycles. The van der Waals surface area contributed by atoms with Crippen LogP contribution in [0.1, 0.15) is 36.1 Å². The quantitative estimate of drug-likeness (QED) is 0.814. The summed E-state index contributed by atoms with van der Waals surface area (Å²) in [6.07, 6.45) is 0.639. The number of rotatable bonds is 7. The zero-order chi connectivity index (χ0) is 18.6. The van der Waals surface area contributed by atoms with Crippen molar-refractivity contribution in [3.8, 4) is 11.5 Å². The molecule has 0 aromatic heterocycles. The summed E-state index contributed by atoms with van der Waals surface area (Å²) in [5.74, 6) is 1.42. The standard InChI is InChI=1S/C19H25NO4S/c1-6-17(15-7-9-16(23-4)10-8-15)20-25(21,22)19-12-13(2)18(24-5)11-14(19)3/h7-12,17,20H,6H2,1-5H3/t17-/m1/s1. The highest BCUT2D eigenvalue weighted by Crippen LogP contribution is 2.28. The minimum Gasteiger partial charge on any atom is -0.497 e. The van der Waals surface area contributed by atoms with Crippen LogP contribution in [0.15, 0.2) is 41.3 Å². The maximum Gasteiger partial charge on any atom is 0.241 e. The molecule has 1 N–H and O–H groups in total. The maximum atomic E-state index is 12.9. The Morgan fingerprint density at radius 1 is 1.00 bits per heavy atom. The van der Waals surface area contributed by atoms with Crippen LogP contribution in [-0.4, -0.2) is 22.6 Å². The van der Waals surface area contributed by atoms with E-state index in [-0.39, 0.29) is 10.9 Å². The SMILES string of the molecule is CC[C@@H](NS(=O)(=O)c1cc(C)c(OC)cc1C)c1ccc(OC)cc1. The highest BCUT2D eigenvalue weighted by Gasteiger charge is 2.23. The van der Waals surface area contributed by atoms with Crippen molar-refractivity contribution >= 4 is 10.0 Å². The Kier molecular flexibility index (Phi) is 6.08. The number of aryl methyl sites for hydroxylation is 2. The van der Waals surface area contributed by atoms with Crippen molar-refractivity contribution in [1.82, 2.24) is 4.72 Å². The summed E-state index contributed by atoms with van der Waals surface area (Å²) >= 11 is 0. The minimum atomic E-state index is -3.65. The van der Waals surface area contributed by atoms with E-state index in [1.807, 2.05) is 38.1 Å². The lowest BCUT2D eigenvalue weighted by Crippen LogP contribution is -2.29. The van der Waals surface area contributed by atoms with Crippen LogP contribution in [-0.2, 0) is 10.0 Å². The second-order valence-electron chi connectivity index (χ2n) is 5.94. The number of ether oxygens (including phenoxy) is 2. The summed E-state index contributed by atoms with van der Waals surface area (Å²) in [5.41, 5.74) is 2.33. The van der Waals surface area contributed by atoms with Gasteiger partial charge in [0.05, 0.1) is 19.1 Å². The van der Waals surface area contributed by atoms with Gasteiger partial charge in [-0.15, -0.1) is 0 Å². The van der Waals surface area contributed by atoms with Gasteiger partial charge in [0.25, 0.3) is 0 Å². The zero-order valence-electron chi connectivity index (χ0n) is 15.3. The molecule has 0 aliphatic rings. The first-order valence-electron chi connectivity index (χ1n) is 8.14. The van der Waals surface area contributed by atoms with Crippen molar-refractivity contribution < 1.29 is 17.9 Å². The summed E-state index contributed by atoms with van der Waals surface area (Å²) in [6, 6.07) is 10.5. The molecule has 25 heavy (non-hydrogen) atoms. The van der Waals surface area contributed by atoms with Gasteiger partial charge in [-0.3, -0.25) is 0 Å². The predicted molar refractivity (Wildman–Crippen MR) is 98.8 cm³/mol. The fourth-order valence-corrected chi connectivity index (χ4v) is 4.37. The summed E-state index contributed by atoms with van der Waals surface area (Å²) in [7, 11) is -0.475. The average Bonchev–Trinajstić information content (AvgIpc) is 2.61. The molecular weight excluding hydrogens is 338 g/mol. The van der Waals surface area contributed by atoms with Gasteiger partial charge in [-0.1, -0.05) is 19.1 Å². The molecule has 1 atom stereocenters. The largest absolute Gasteiger partial charge is 0.497 e. The van der Waals surface area contributed by atoms with Gasteiger partial charge in [0.2, 0.25) is 10.0 Å². The minimum absolute atomic E-state index is 0.276. The van der Waals surface area contributed by atoms with E-state index >= 15 is 0 Å². The number of hydrogen-bond donors (Lipinski definition) is 1. The van der Waals surface area contributed by atoms with Gasteiger partial charge in [0.1, 0.15) is 11.5 Å². The van der Waals surface area contributed by atoms with Crippen LogP contribution in [0.3, 0.4) is 0 Å². The van der Waals surface area contributed by atoms with Crippen LogP contribution in [0, 0.1) is 13.8 Å². The third-order valence-electron chi connectivity index (χ3n) is 4.21. The lowest BCUT2D eigenvalue weighted by atomic mass is 10.1. The first kappa shape index (κ1) is 19.3. The molecule has 0 spiro atoms. The van der Waals surface area contributed by atoms with Gasteiger partial charge in [-0.25, -0.2) is 13.1 Å². The molecule has 0 amide bonds. The first-order chi connectivity index (χ1) is 11.8. The Bertz CT molecular complexity index is 829. The van der Waals surface area contributed by atoms with E-state index in [4.69, 9.17) is 9.47 Å². The van der Waals surface area contributed by atoms with E-state index < -0.39 is 10.0 Å². The molecule has 0 unspecified atom stereocenters. The van der Waals surface area contributed by atoms with Crippen molar-refractivity contribution in [2.24, 2.45) is 0 Å². The van der Waals surface area contributed by atoms with Gasteiger partial charge in [0, 0.05) is 6.04 Å². The molecule has 0 radical (unpaired) electrons. The molecule has 136 valence electrons. The lowest BCUT2D eigenvalue weighted by Gasteiger charge is -2.19. The Morgan fingerprint density at radius 2 is 1.64 bits per heavy atom. The van der Waals surface area contributed by atoms with E-state index in [0.29, 0.717) is 17.7 Å². The van der Waals surface area contributed by atoms with Gasteiger partial charge < -0.3 is 9.47 Å². The third-order valence-corrected chi connectivity index (χ3v) is 5.82. The molecule has 0 bridgehead atoms. The molecule has 0 heterocycles. The lowest BCUT2D eigenvalue weighted by molar-refractivity contribution is 0.411. The Morgan fingerprint density at radius 3 is 2.16 bits per heavy atom. The van der Waals surface area contributed by atoms with Crippen LogP contribution in [0.4, 0.5) is 0 Å². The van der Waals surface area contributed by atoms with E-state index in [0.717, 1.165) is 16.9 Å². The smallest absolute Gasteiger partial charge is 0.241 e. The summed E-state index contributed by atoms with van der Waals surface area (Å²) in [5, 5.41) is 0. The van der Waals surface area contributed by atoms with Gasteiger partial charge in [0.15, 0.2) is 0 Å². The number of nitrogens with one attached hydrogen (secondary N) is 1.